The molecule has 2 bridgehead atoms. The van der Waals surface area contributed by atoms with Gasteiger partial charge in [-0.15, -0.1) is 0 Å². The van der Waals surface area contributed by atoms with Crippen LogP contribution in [-0.2, 0) is 11.2 Å². The summed E-state index contributed by atoms with van der Waals surface area (Å²) in [4.78, 5) is 14.9. The van der Waals surface area contributed by atoms with E-state index < -0.39 is 0 Å². The molecular weight excluding hydrogens is 380 g/mol. The van der Waals surface area contributed by atoms with Crippen molar-refractivity contribution in [3.63, 3.8) is 0 Å². The van der Waals surface area contributed by atoms with Gasteiger partial charge in [-0.25, -0.2) is 0 Å². The van der Waals surface area contributed by atoms with E-state index in [1.165, 1.54) is 99.9 Å². The molecule has 2 aliphatic heterocycles. The van der Waals surface area contributed by atoms with Crippen molar-refractivity contribution in [3.05, 3.63) is 36.0 Å². The second-order valence-corrected chi connectivity index (χ2v) is 10.6. The Morgan fingerprint density at radius 3 is 2.06 bits per heavy atom. The molecule has 3 heterocycles. The van der Waals surface area contributed by atoms with Crippen molar-refractivity contribution in [3.8, 4) is 0 Å². The first-order chi connectivity index (χ1) is 15.2. The number of aromatic nitrogens is 1. The van der Waals surface area contributed by atoms with Crippen molar-refractivity contribution < 1.29 is 4.79 Å². The maximum absolute atomic E-state index is 11.9. The molecule has 2 aromatic rings. The SMILES string of the molecule is CC(=O)Cc1cn(C2C[C@H]3CC[C@@H](C2)N3C2CCCCCCCCC2)c2ccccc12. The van der Waals surface area contributed by atoms with Crippen molar-refractivity contribution >= 4 is 16.7 Å². The zero-order valence-electron chi connectivity index (χ0n) is 19.4. The minimum atomic E-state index is 0.258. The molecule has 3 atom stereocenters. The fourth-order valence-electron chi connectivity index (χ4n) is 7.08. The van der Waals surface area contributed by atoms with Crippen LogP contribution in [0.15, 0.2) is 30.5 Å². The topological polar surface area (TPSA) is 25.2 Å². The largest absolute Gasteiger partial charge is 0.344 e. The van der Waals surface area contributed by atoms with Gasteiger partial charge in [0.05, 0.1) is 0 Å². The zero-order chi connectivity index (χ0) is 21.2. The lowest BCUT2D eigenvalue weighted by molar-refractivity contribution is -0.116. The highest BCUT2D eigenvalue weighted by Gasteiger charge is 2.44. The van der Waals surface area contributed by atoms with E-state index in [9.17, 15) is 4.79 Å². The summed E-state index contributed by atoms with van der Waals surface area (Å²) in [6.45, 7) is 1.71. The first kappa shape index (κ1) is 21.2. The van der Waals surface area contributed by atoms with Gasteiger partial charge in [0.1, 0.15) is 5.78 Å². The molecule has 1 aromatic heterocycles. The van der Waals surface area contributed by atoms with Gasteiger partial charge >= 0.3 is 0 Å². The van der Waals surface area contributed by atoms with E-state index in [-0.39, 0.29) is 5.78 Å². The summed E-state index contributed by atoms with van der Waals surface area (Å²) in [5.41, 5.74) is 2.54. The van der Waals surface area contributed by atoms with Crippen molar-refractivity contribution in [1.82, 2.24) is 9.47 Å². The van der Waals surface area contributed by atoms with Crippen molar-refractivity contribution in [2.45, 2.75) is 121 Å². The van der Waals surface area contributed by atoms with Gasteiger partial charge in [0.25, 0.3) is 0 Å². The quantitative estimate of drug-likeness (QED) is 0.541. The minimum absolute atomic E-state index is 0.258. The lowest BCUT2D eigenvalue weighted by Crippen LogP contribution is -2.49. The van der Waals surface area contributed by atoms with E-state index in [1.807, 2.05) is 0 Å². The molecule has 5 rings (SSSR count). The number of benzene rings is 1. The lowest BCUT2D eigenvalue weighted by Gasteiger charge is -2.44. The fraction of sp³-hybridized carbons (Fsp3) is 0.679. The number of hydrogen-bond donors (Lipinski definition) is 0. The van der Waals surface area contributed by atoms with E-state index in [1.54, 1.807) is 6.92 Å². The fourth-order valence-corrected chi connectivity index (χ4v) is 7.08. The van der Waals surface area contributed by atoms with Crippen molar-refractivity contribution in [2.24, 2.45) is 0 Å². The molecule has 1 unspecified atom stereocenters. The molecule has 1 aliphatic carbocycles. The third kappa shape index (κ3) is 4.49. The van der Waals surface area contributed by atoms with Crippen LogP contribution < -0.4 is 0 Å². The molecule has 0 spiro atoms. The molecule has 31 heavy (non-hydrogen) atoms. The van der Waals surface area contributed by atoms with Gasteiger partial charge < -0.3 is 4.57 Å². The summed E-state index contributed by atoms with van der Waals surface area (Å²) in [6.07, 6.45) is 21.2. The van der Waals surface area contributed by atoms with Crippen LogP contribution in [0.2, 0.25) is 0 Å². The normalized spacial score (nSPS) is 28.7. The highest BCUT2D eigenvalue weighted by molar-refractivity contribution is 5.89. The Bertz CT molecular complexity index is 876. The highest BCUT2D eigenvalue weighted by atomic mass is 16.1. The van der Waals surface area contributed by atoms with Gasteiger partial charge in [-0.05, 0) is 57.1 Å². The Morgan fingerprint density at radius 2 is 1.42 bits per heavy atom. The third-order valence-corrected chi connectivity index (χ3v) is 8.42. The third-order valence-electron chi connectivity index (χ3n) is 8.42. The predicted molar refractivity (Wildman–Crippen MR) is 129 cm³/mol. The van der Waals surface area contributed by atoms with Crippen molar-refractivity contribution in [2.75, 3.05) is 0 Å². The number of para-hydroxylation sites is 1. The second kappa shape index (κ2) is 9.48. The zero-order valence-corrected chi connectivity index (χ0v) is 19.4. The van der Waals surface area contributed by atoms with Gasteiger partial charge in [0, 0.05) is 47.7 Å². The van der Waals surface area contributed by atoms with Gasteiger partial charge in [0.2, 0.25) is 0 Å². The van der Waals surface area contributed by atoms with Crippen LogP contribution in [0, 0.1) is 0 Å². The van der Waals surface area contributed by atoms with Crippen LogP contribution in [-0.4, -0.2) is 33.4 Å². The predicted octanol–water partition coefficient (Wildman–Crippen LogP) is 6.83. The Morgan fingerprint density at radius 1 is 0.806 bits per heavy atom. The maximum atomic E-state index is 11.9. The van der Waals surface area contributed by atoms with Gasteiger partial charge in [0.15, 0.2) is 0 Å². The van der Waals surface area contributed by atoms with Crippen molar-refractivity contribution in [1.29, 1.82) is 0 Å². The van der Waals surface area contributed by atoms with Crippen LogP contribution in [0.5, 0.6) is 0 Å². The van der Waals surface area contributed by atoms with E-state index in [0.717, 1.165) is 18.1 Å². The Kier molecular flexibility index (Phi) is 6.50. The number of fused-ring (bicyclic) bond motifs is 3. The van der Waals surface area contributed by atoms with Crippen LogP contribution in [0.25, 0.3) is 10.9 Å². The molecule has 3 fully saturated rings. The smallest absolute Gasteiger partial charge is 0.134 e. The van der Waals surface area contributed by atoms with E-state index in [0.29, 0.717) is 12.5 Å². The van der Waals surface area contributed by atoms with E-state index in [4.69, 9.17) is 0 Å². The summed E-state index contributed by atoms with van der Waals surface area (Å²) in [6, 6.07) is 11.7. The number of rotatable bonds is 4. The number of piperidine rings is 1. The maximum Gasteiger partial charge on any atom is 0.134 e. The molecule has 3 heteroatoms. The molecule has 0 radical (unpaired) electrons. The molecule has 3 aliphatic rings. The number of nitrogens with zero attached hydrogens (tertiary/aromatic N) is 2. The van der Waals surface area contributed by atoms with Gasteiger partial charge in [-0.3, -0.25) is 9.69 Å². The second-order valence-electron chi connectivity index (χ2n) is 10.6. The molecular formula is C28H40N2O. The Hall–Kier alpha value is -1.61. The summed E-state index contributed by atoms with van der Waals surface area (Å²) >= 11 is 0. The average molecular weight is 421 g/mol. The number of ketones is 1. The number of Topliss-reactive ketones (excluding diaryl/α,β-unsaturated/α-hetero) is 1. The Labute approximate surface area is 188 Å². The first-order valence-electron chi connectivity index (χ1n) is 13.1. The number of carbonyl (C=O) groups excluding carboxylic acids is 1. The Balaban J connectivity index is 1.35. The number of hydrogen-bond acceptors (Lipinski definition) is 2. The lowest BCUT2D eigenvalue weighted by atomic mass is 9.90. The molecule has 0 amide bonds. The summed E-state index contributed by atoms with van der Waals surface area (Å²) < 4.78 is 2.55. The molecule has 1 aromatic carbocycles. The average Bonchev–Trinajstić information content (AvgIpc) is 3.25. The van der Waals surface area contributed by atoms with Crippen LogP contribution in [0.3, 0.4) is 0 Å². The highest BCUT2D eigenvalue weighted by Crippen LogP contribution is 2.45. The molecule has 1 saturated carbocycles. The monoisotopic (exact) mass is 420 g/mol. The van der Waals surface area contributed by atoms with Gasteiger partial charge in [-0.1, -0.05) is 63.1 Å². The standard InChI is InChI=1S/C28H40N2O/c1-21(31)17-22-20-29(28-14-10-9-13-27(22)28)26-18-24-15-16-25(19-26)30(24)23-11-7-5-3-2-4-6-8-12-23/h9-10,13-14,20,23-26H,2-8,11-12,15-19H2,1H3/t24-,25+,26?. The van der Waals surface area contributed by atoms with Crippen LogP contribution in [0.1, 0.15) is 102 Å². The van der Waals surface area contributed by atoms with Crippen LogP contribution in [0.4, 0.5) is 0 Å². The molecule has 2 saturated heterocycles. The number of carbonyl (C=O) groups is 1. The van der Waals surface area contributed by atoms with Gasteiger partial charge in [-0.2, -0.15) is 0 Å². The van der Waals surface area contributed by atoms with E-state index in [2.05, 4.69) is 39.9 Å². The summed E-state index contributed by atoms with van der Waals surface area (Å²) in [5, 5.41) is 1.28. The minimum Gasteiger partial charge on any atom is -0.344 e. The summed E-state index contributed by atoms with van der Waals surface area (Å²) in [7, 11) is 0. The molecule has 0 N–H and O–H groups in total. The van der Waals surface area contributed by atoms with E-state index >= 15 is 0 Å². The van der Waals surface area contributed by atoms with Crippen LogP contribution >= 0.6 is 0 Å². The first-order valence-corrected chi connectivity index (χ1v) is 13.1. The summed E-state index contributed by atoms with van der Waals surface area (Å²) in [5.74, 6) is 0.258. The molecule has 168 valence electrons. The molecule has 3 nitrogen and oxygen atoms in total.